The van der Waals surface area contributed by atoms with Gasteiger partial charge in [0.15, 0.2) is 0 Å². The van der Waals surface area contributed by atoms with Gasteiger partial charge in [-0.1, -0.05) is 147 Å². The molecule has 0 saturated heterocycles. The molecule has 1 heterocycles. The van der Waals surface area contributed by atoms with E-state index in [2.05, 4.69) is 235 Å². The summed E-state index contributed by atoms with van der Waals surface area (Å²) in [5.41, 5.74) is 23.6. The van der Waals surface area contributed by atoms with Gasteiger partial charge in [-0.15, -0.1) is 12.4 Å². The number of phenolic OH excluding ortho intramolecular Hbond substituents is 1. The molecule has 8 aromatic carbocycles. The minimum atomic E-state index is -0.124. The van der Waals surface area contributed by atoms with Gasteiger partial charge in [-0.25, -0.2) is 0 Å². The molecule has 1 N–H and O–H groups in total. The highest BCUT2D eigenvalue weighted by atomic mass is 35.5. The molecule has 69 heavy (non-hydrogen) atoms. The van der Waals surface area contributed by atoms with Crippen molar-refractivity contribution in [3.8, 4) is 28.0 Å². The molecule has 0 atom stereocenters. The first-order valence-electron chi connectivity index (χ1n) is 23.7. The number of hydrogen-bond acceptors (Lipinski definition) is 4. The standard InChI is InChI=1S/C30H29N.C29H27NO.C5H5N.ClH/c1-20-6-11-23(12-7-20)31(24-13-8-21(2)9-14-24)25-15-16-26-27-18-22(3)10-17-28(27)30(4,5)29(26)19-25;1-19-5-9-21(10-6-19)30(22-11-7-20(2)8-12-22)23-13-15-25-26-18-24(31)14-16-27(26)29(3,4)28(25)17-23;1-2-4-6-5-3-1;/h6-19H,1-5H3;5-18,31H,1-4H3;1-5H;1H. The van der Waals surface area contributed by atoms with Crippen LogP contribution in [0.25, 0.3) is 22.3 Å². The van der Waals surface area contributed by atoms with Gasteiger partial charge < -0.3 is 14.9 Å². The third-order valence-electron chi connectivity index (χ3n) is 13.7. The summed E-state index contributed by atoms with van der Waals surface area (Å²) in [6.45, 7) is 19.9. The summed E-state index contributed by atoms with van der Waals surface area (Å²) in [6.07, 6.45) is 3.50. The average Bonchev–Trinajstić information content (AvgIpc) is 3.70. The number of halogens is 1. The Labute approximate surface area is 416 Å². The quantitative estimate of drug-likeness (QED) is 0.180. The number of phenols is 1. The van der Waals surface area contributed by atoms with Crippen LogP contribution >= 0.6 is 12.4 Å². The fourth-order valence-corrected chi connectivity index (χ4v) is 9.85. The summed E-state index contributed by atoms with van der Waals surface area (Å²) in [7, 11) is 0. The second kappa shape index (κ2) is 19.7. The zero-order valence-corrected chi connectivity index (χ0v) is 42.1. The molecule has 0 spiro atoms. The molecule has 0 fully saturated rings. The van der Waals surface area contributed by atoms with Gasteiger partial charge in [0.2, 0.25) is 0 Å². The van der Waals surface area contributed by atoms with E-state index in [4.69, 9.17) is 0 Å². The number of rotatable bonds is 6. The van der Waals surface area contributed by atoms with Crippen LogP contribution in [0, 0.1) is 34.6 Å². The predicted molar refractivity (Wildman–Crippen MR) is 294 cm³/mol. The number of hydrogen-bond donors (Lipinski definition) is 1. The molecule has 0 saturated carbocycles. The van der Waals surface area contributed by atoms with Gasteiger partial charge in [-0.3, -0.25) is 4.98 Å². The summed E-state index contributed by atoms with van der Waals surface area (Å²) in [4.78, 5) is 8.46. The van der Waals surface area contributed by atoms with E-state index in [1.165, 1.54) is 83.8 Å². The summed E-state index contributed by atoms with van der Waals surface area (Å²) < 4.78 is 0. The first-order valence-corrected chi connectivity index (χ1v) is 23.7. The monoisotopic (exact) mass is 923 g/mol. The van der Waals surface area contributed by atoms with E-state index < -0.39 is 0 Å². The highest BCUT2D eigenvalue weighted by molar-refractivity contribution is 5.88. The zero-order valence-electron chi connectivity index (χ0n) is 41.2. The number of fused-ring (bicyclic) bond motifs is 6. The van der Waals surface area contributed by atoms with Crippen LogP contribution < -0.4 is 9.80 Å². The molecule has 2 aliphatic rings. The van der Waals surface area contributed by atoms with Crippen molar-refractivity contribution in [3.05, 3.63) is 251 Å². The van der Waals surface area contributed by atoms with Crippen LogP contribution in [0.15, 0.2) is 200 Å². The van der Waals surface area contributed by atoms with Gasteiger partial charge in [-0.2, -0.15) is 0 Å². The maximum Gasteiger partial charge on any atom is 0.116 e. The normalized spacial score (nSPS) is 12.9. The Morgan fingerprint density at radius 1 is 0.333 bits per heavy atom. The average molecular weight is 925 g/mol. The van der Waals surface area contributed by atoms with E-state index >= 15 is 0 Å². The van der Waals surface area contributed by atoms with Crippen LogP contribution in [0.2, 0.25) is 0 Å². The molecule has 1 aromatic heterocycles. The number of benzene rings is 8. The minimum absolute atomic E-state index is 0. The number of aryl methyl sites for hydroxylation is 5. The van der Waals surface area contributed by atoms with Gasteiger partial charge in [0.05, 0.1) is 0 Å². The number of anilines is 6. The topological polar surface area (TPSA) is 39.6 Å². The molecule has 0 unspecified atom stereocenters. The predicted octanol–water partition coefficient (Wildman–Crippen LogP) is 17.7. The maximum atomic E-state index is 10.1. The van der Waals surface area contributed by atoms with Crippen LogP contribution in [0.3, 0.4) is 0 Å². The van der Waals surface area contributed by atoms with E-state index in [9.17, 15) is 5.11 Å². The van der Waals surface area contributed by atoms with Crippen molar-refractivity contribution in [2.75, 3.05) is 9.80 Å². The van der Waals surface area contributed by atoms with Crippen LogP contribution in [0.4, 0.5) is 34.1 Å². The Kier molecular flexibility index (Phi) is 13.7. The number of pyridine rings is 1. The van der Waals surface area contributed by atoms with E-state index in [1.807, 2.05) is 24.3 Å². The Morgan fingerprint density at radius 3 is 1.01 bits per heavy atom. The van der Waals surface area contributed by atoms with Crippen LogP contribution in [-0.4, -0.2) is 10.1 Å². The van der Waals surface area contributed by atoms with Gasteiger partial charge in [0, 0.05) is 57.3 Å². The number of aromatic hydroxyl groups is 1. The van der Waals surface area contributed by atoms with Gasteiger partial charge in [0.1, 0.15) is 5.75 Å². The molecular formula is C64H62ClN3O. The summed E-state index contributed by atoms with van der Waals surface area (Å²) in [5, 5.41) is 10.1. The second-order valence-corrected chi connectivity index (χ2v) is 19.5. The lowest BCUT2D eigenvalue weighted by Crippen LogP contribution is -2.16. The third kappa shape index (κ3) is 9.68. The van der Waals surface area contributed by atoms with Crippen molar-refractivity contribution in [1.82, 2.24) is 4.98 Å². The van der Waals surface area contributed by atoms with Crippen molar-refractivity contribution in [1.29, 1.82) is 0 Å². The minimum Gasteiger partial charge on any atom is -0.508 e. The van der Waals surface area contributed by atoms with Gasteiger partial charge >= 0.3 is 0 Å². The SMILES string of the molecule is Cc1ccc(N(c2ccc(C)cc2)c2ccc3c(c2)C(C)(C)c2ccc(C)cc2-3)cc1.Cc1ccc(N(c2ccc(C)cc2)c2ccc3c(c2)C(C)(C)c2ccc(O)cc2-3)cc1.Cl.c1ccncc1. The lowest BCUT2D eigenvalue weighted by atomic mass is 9.82. The first-order chi connectivity index (χ1) is 32.7. The molecule has 0 amide bonds. The molecule has 4 nitrogen and oxygen atoms in total. The Hall–Kier alpha value is -7.40. The fourth-order valence-electron chi connectivity index (χ4n) is 9.85. The molecule has 5 heteroatoms. The molecule has 0 bridgehead atoms. The molecule has 0 radical (unpaired) electrons. The Morgan fingerprint density at radius 2 is 0.667 bits per heavy atom. The van der Waals surface area contributed by atoms with Crippen LogP contribution in [0.5, 0.6) is 5.75 Å². The summed E-state index contributed by atoms with van der Waals surface area (Å²) in [6, 6.07) is 67.0. The van der Waals surface area contributed by atoms with E-state index in [0.717, 1.165) is 22.6 Å². The largest absolute Gasteiger partial charge is 0.508 e. The summed E-state index contributed by atoms with van der Waals surface area (Å²) in [5.74, 6) is 0.312. The Bertz CT molecular complexity index is 2890. The second-order valence-electron chi connectivity index (χ2n) is 19.5. The van der Waals surface area contributed by atoms with Crippen molar-refractivity contribution in [3.63, 3.8) is 0 Å². The molecule has 346 valence electrons. The van der Waals surface area contributed by atoms with Crippen molar-refractivity contribution >= 4 is 46.5 Å². The third-order valence-corrected chi connectivity index (χ3v) is 13.7. The van der Waals surface area contributed by atoms with Crippen LogP contribution in [0.1, 0.15) is 77.8 Å². The van der Waals surface area contributed by atoms with E-state index in [-0.39, 0.29) is 23.2 Å². The van der Waals surface area contributed by atoms with E-state index in [1.54, 1.807) is 18.5 Å². The molecule has 2 aliphatic carbocycles. The number of aromatic nitrogens is 1. The molecular weight excluding hydrogens is 862 g/mol. The highest BCUT2D eigenvalue weighted by Gasteiger charge is 2.37. The molecule has 11 rings (SSSR count). The molecule has 0 aliphatic heterocycles. The highest BCUT2D eigenvalue weighted by Crippen LogP contribution is 2.53. The number of nitrogens with zero attached hydrogens (tertiary/aromatic N) is 3. The van der Waals surface area contributed by atoms with Crippen molar-refractivity contribution in [2.45, 2.75) is 73.1 Å². The first kappa shape index (κ1) is 48.1. The lowest BCUT2D eigenvalue weighted by molar-refractivity contribution is 0.475. The van der Waals surface area contributed by atoms with Gasteiger partial charge in [-0.05, 0) is 176 Å². The van der Waals surface area contributed by atoms with E-state index in [0.29, 0.717) is 5.75 Å². The smallest absolute Gasteiger partial charge is 0.116 e. The Balaban J connectivity index is 0.000000164. The van der Waals surface area contributed by atoms with Crippen LogP contribution in [-0.2, 0) is 10.8 Å². The molecule has 9 aromatic rings. The summed E-state index contributed by atoms with van der Waals surface area (Å²) >= 11 is 0. The maximum absolute atomic E-state index is 10.1. The van der Waals surface area contributed by atoms with Crippen molar-refractivity contribution < 1.29 is 5.11 Å². The zero-order chi connectivity index (χ0) is 47.7. The fraction of sp³-hybridized carbons (Fsp3) is 0.172. The lowest BCUT2D eigenvalue weighted by Gasteiger charge is -2.28. The van der Waals surface area contributed by atoms with Crippen molar-refractivity contribution in [2.24, 2.45) is 0 Å². The van der Waals surface area contributed by atoms with Gasteiger partial charge in [0.25, 0.3) is 0 Å².